The molecule has 1 fully saturated rings. The molecule has 0 aliphatic carbocycles. The molecule has 0 aromatic carbocycles. The van der Waals surface area contributed by atoms with Crippen LogP contribution in [0.3, 0.4) is 0 Å². The van der Waals surface area contributed by atoms with Crippen LogP contribution in [0.25, 0.3) is 0 Å². The summed E-state index contributed by atoms with van der Waals surface area (Å²) in [4.78, 5) is 0. The van der Waals surface area contributed by atoms with Gasteiger partial charge in [-0.3, -0.25) is 3.93 Å². The van der Waals surface area contributed by atoms with Crippen molar-refractivity contribution in [1.82, 2.24) is 3.93 Å². The molecule has 1 aliphatic rings. The van der Waals surface area contributed by atoms with Crippen molar-refractivity contribution in [3.63, 3.8) is 0 Å². The van der Waals surface area contributed by atoms with Crippen molar-refractivity contribution in [3.05, 3.63) is 9.27 Å². The van der Waals surface area contributed by atoms with E-state index in [9.17, 15) is 0 Å². The van der Waals surface area contributed by atoms with Gasteiger partial charge < -0.3 is 4.74 Å². The average Bonchev–Trinajstić information content (AvgIpc) is 2.09. The number of hydrogen-bond donors (Lipinski definition) is 0. The van der Waals surface area contributed by atoms with Gasteiger partial charge in [0.25, 0.3) is 0 Å². The summed E-state index contributed by atoms with van der Waals surface area (Å²) >= 11 is 10.0. The smallest absolute Gasteiger partial charge is 0.222 e. The van der Waals surface area contributed by atoms with Crippen LogP contribution < -0.4 is 0 Å². The molecule has 1 heterocycles. The second kappa shape index (κ2) is 3.26. The van der Waals surface area contributed by atoms with Crippen LogP contribution in [-0.4, -0.2) is 16.1 Å². The summed E-state index contributed by atoms with van der Waals surface area (Å²) in [6.45, 7) is 4.88. The quantitative estimate of drug-likeness (QED) is 0.622. The Bertz CT molecular complexity index is 198. The molecule has 0 aromatic rings. The van der Waals surface area contributed by atoms with Crippen LogP contribution in [0.15, 0.2) is 9.27 Å². The number of nitrogens with zero attached hydrogens (tertiary/aromatic N) is 1. The van der Waals surface area contributed by atoms with Crippen molar-refractivity contribution in [2.24, 2.45) is 0 Å². The molecule has 1 rings (SSSR count). The predicted octanol–water partition coefficient (Wildman–Crippen LogP) is 3.32. The van der Waals surface area contributed by atoms with Gasteiger partial charge in [0, 0.05) is 0 Å². The Morgan fingerprint density at radius 3 is 2.27 bits per heavy atom. The van der Waals surface area contributed by atoms with Gasteiger partial charge >= 0.3 is 0 Å². The first-order valence-corrected chi connectivity index (χ1v) is 5.39. The van der Waals surface area contributed by atoms with E-state index in [1.54, 1.807) is 0 Å². The van der Waals surface area contributed by atoms with Crippen molar-refractivity contribution >= 4 is 48.0 Å². The molecule has 2 nitrogen and oxygen atoms in total. The Morgan fingerprint density at radius 2 is 2.09 bits per heavy atom. The molecule has 0 bridgehead atoms. The number of halogens is 3. The molecule has 0 amide bonds. The Hall–Kier alpha value is 0.780. The van der Waals surface area contributed by atoms with Crippen LogP contribution >= 0.6 is 48.0 Å². The molecule has 0 saturated carbocycles. The highest BCUT2D eigenvalue weighted by Crippen LogP contribution is 2.37. The molecular weight excluding hydrogens is 342 g/mol. The summed E-state index contributed by atoms with van der Waals surface area (Å²) in [5.74, 6) is 0.787. The molecule has 0 spiro atoms. The SMILES string of the molecule is CC1(C)COC(=C(Br)Br)N1Br. The summed E-state index contributed by atoms with van der Waals surface area (Å²) in [6, 6.07) is 0. The van der Waals surface area contributed by atoms with Gasteiger partial charge in [-0.15, -0.1) is 0 Å². The summed E-state index contributed by atoms with van der Waals surface area (Å²) in [5.41, 5.74) is 0.0160. The molecule has 0 aromatic heterocycles. The predicted molar refractivity (Wildman–Crippen MR) is 55.7 cm³/mol. The maximum Gasteiger partial charge on any atom is 0.222 e. The van der Waals surface area contributed by atoms with Crippen molar-refractivity contribution in [2.45, 2.75) is 19.4 Å². The molecule has 1 saturated heterocycles. The highest BCUT2D eigenvalue weighted by Gasteiger charge is 2.36. The fourth-order valence-corrected chi connectivity index (χ4v) is 2.20. The zero-order chi connectivity index (χ0) is 8.65. The number of hydrogen-bond acceptors (Lipinski definition) is 2. The zero-order valence-corrected chi connectivity index (χ0v) is 11.0. The minimum Gasteiger partial charge on any atom is -0.475 e. The maximum atomic E-state index is 5.41. The van der Waals surface area contributed by atoms with Crippen LogP contribution in [0.5, 0.6) is 0 Å². The van der Waals surface area contributed by atoms with Gasteiger partial charge in [-0.05, 0) is 45.7 Å². The van der Waals surface area contributed by atoms with Crippen LogP contribution in [0.4, 0.5) is 0 Å². The first kappa shape index (κ1) is 9.86. The topological polar surface area (TPSA) is 12.5 Å². The maximum absolute atomic E-state index is 5.41. The van der Waals surface area contributed by atoms with E-state index in [2.05, 4.69) is 61.9 Å². The fourth-order valence-electron chi connectivity index (χ4n) is 0.762. The summed E-state index contributed by atoms with van der Waals surface area (Å²) in [6.07, 6.45) is 0. The average molecular weight is 350 g/mol. The summed E-state index contributed by atoms with van der Waals surface area (Å²) < 4.78 is 8.15. The van der Waals surface area contributed by atoms with E-state index in [4.69, 9.17) is 4.74 Å². The van der Waals surface area contributed by atoms with Gasteiger partial charge in [0.05, 0.1) is 21.7 Å². The van der Waals surface area contributed by atoms with E-state index in [0.29, 0.717) is 6.61 Å². The molecule has 0 N–H and O–H groups in total. The molecule has 0 radical (unpaired) electrons. The highest BCUT2D eigenvalue weighted by molar-refractivity contribution is 9.28. The van der Waals surface area contributed by atoms with E-state index in [-0.39, 0.29) is 5.54 Å². The fraction of sp³-hybridized carbons (Fsp3) is 0.667. The van der Waals surface area contributed by atoms with Crippen LogP contribution in [0, 0.1) is 0 Å². The molecule has 0 atom stereocenters. The minimum absolute atomic E-state index is 0.0160. The number of rotatable bonds is 0. The van der Waals surface area contributed by atoms with Gasteiger partial charge in [0.15, 0.2) is 0 Å². The van der Waals surface area contributed by atoms with Crippen LogP contribution in [0.1, 0.15) is 13.8 Å². The lowest BCUT2D eigenvalue weighted by Crippen LogP contribution is -2.31. The number of ether oxygens (including phenoxy) is 1. The molecule has 5 heteroatoms. The normalized spacial score (nSPS) is 21.9. The van der Waals surface area contributed by atoms with E-state index in [1.165, 1.54) is 0 Å². The van der Waals surface area contributed by atoms with Crippen molar-refractivity contribution in [1.29, 1.82) is 0 Å². The van der Waals surface area contributed by atoms with Crippen molar-refractivity contribution in [3.8, 4) is 0 Å². The van der Waals surface area contributed by atoms with Crippen LogP contribution in [-0.2, 0) is 4.74 Å². The van der Waals surface area contributed by atoms with E-state index >= 15 is 0 Å². The third-order valence-corrected chi connectivity index (χ3v) is 3.39. The van der Waals surface area contributed by atoms with E-state index in [1.807, 2.05) is 3.93 Å². The lowest BCUT2D eigenvalue weighted by molar-refractivity contribution is 0.237. The Morgan fingerprint density at radius 1 is 1.55 bits per heavy atom. The summed E-state index contributed by atoms with van der Waals surface area (Å²) in [5, 5.41) is 0. The van der Waals surface area contributed by atoms with Crippen LogP contribution in [0.2, 0.25) is 0 Å². The van der Waals surface area contributed by atoms with Crippen molar-refractivity contribution in [2.75, 3.05) is 6.61 Å². The van der Waals surface area contributed by atoms with Gasteiger partial charge in [-0.1, -0.05) is 0 Å². The largest absolute Gasteiger partial charge is 0.475 e. The van der Waals surface area contributed by atoms with Gasteiger partial charge in [-0.2, -0.15) is 0 Å². The monoisotopic (exact) mass is 347 g/mol. The lowest BCUT2D eigenvalue weighted by Gasteiger charge is -2.22. The third kappa shape index (κ3) is 1.92. The van der Waals surface area contributed by atoms with Gasteiger partial charge in [0.1, 0.15) is 10.00 Å². The zero-order valence-electron chi connectivity index (χ0n) is 6.20. The Balaban J connectivity index is 2.88. The molecule has 11 heavy (non-hydrogen) atoms. The van der Waals surface area contributed by atoms with Crippen molar-refractivity contribution < 1.29 is 4.74 Å². The summed E-state index contributed by atoms with van der Waals surface area (Å²) in [7, 11) is 0. The van der Waals surface area contributed by atoms with E-state index < -0.39 is 0 Å². The Kier molecular flexibility index (Phi) is 2.93. The molecule has 0 unspecified atom stereocenters. The lowest BCUT2D eigenvalue weighted by atomic mass is 10.1. The molecular formula is C6H8Br3NO. The Labute approximate surface area is 91.6 Å². The highest BCUT2D eigenvalue weighted by atomic mass is 79.9. The second-order valence-corrected chi connectivity index (χ2v) is 6.31. The third-order valence-electron chi connectivity index (χ3n) is 1.43. The second-order valence-electron chi connectivity index (χ2n) is 2.95. The van der Waals surface area contributed by atoms with E-state index in [0.717, 1.165) is 9.27 Å². The standard InChI is InChI=1S/C6H8Br3NO/c1-6(2)3-11-5(4(7)8)10(6)9/h3H2,1-2H3. The molecule has 64 valence electrons. The first-order valence-electron chi connectivity index (χ1n) is 3.09. The van der Waals surface area contributed by atoms with Gasteiger partial charge in [-0.25, -0.2) is 0 Å². The molecule has 1 aliphatic heterocycles. The first-order chi connectivity index (χ1) is 4.95. The van der Waals surface area contributed by atoms with Gasteiger partial charge in [0.2, 0.25) is 5.88 Å². The minimum atomic E-state index is 0.0160.